The number of aromatic carboxylic acids is 1. The number of carboxylic acid groups (broad SMARTS) is 1. The van der Waals surface area contributed by atoms with Crippen LogP contribution in [0.15, 0.2) is 73.3 Å². The van der Waals surface area contributed by atoms with Gasteiger partial charge in [0.25, 0.3) is 0 Å². The molecule has 6 nitrogen and oxygen atoms in total. The molecule has 1 aromatic carbocycles. The zero-order valence-corrected chi connectivity index (χ0v) is 16.3. The van der Waals surface area contributed by atoms with Crippen molar-refractivity contribution in [3.8, 4) is 5.75 Å². The Kier molecular flexibility index (Phi) is 7.72. The fourth-order valence-electron chi connectivity index (χ4n) is 3.02. The Balaban J connectivity index is 1.49. The van der Waals surface area contributed by atoms with E-state index in [2.05, 4.69) is 20.9 Å². The van der Waals surface area contributed by atoms with Gasteiger partial charge in [-0.2, -0.15) is 0 Å². The molecule has 0 aliphatic heterocycles. The molecule has 0 radical (unpaired) electrons. The highest BCUT2D eigenvalue weighted by atomic mass is 16.5. The summed E-state index contributed by atoms with van der Waals surface area (Å²) in [5.74, 6) is -0.247. The third-order valence-corrected chi connectivity index (χ3v) is 4.58. The van der Waals surface area contributed by atoms with Crippen LogP contribution in [0.1, 0.15) is 27.9 Å². The van der Waals surface area contributed by atoms with Crippen molar-refractivity contribution in [1.82, 2.24) is 14.9 Å². The number of carbonyl (C=O) groups is 1. The summed E-state index contributed by atoms with van der Waals surface area (Å²) in [7, 11) is 0. The number of ether oxygens (including phenoxy) is 1. The maximum atomic E-state index is 10.9. The Hall–Kier alpha value is -3.25. The van der Waals surface area contributed by atoms with Gasteiger partial charge in [-0.25, -0.2) is 4.79 Å². The lowest BCUT2D eigenvalue weighted by molar-refractivity contribution is 0.0697. The molecule has 29 heavy (non-hydrogen) atoms. The smallest absolute Gasteiger partial charge is 0.335 e. The second-order valence-electron chi connectivity index (χ2n) is 6.77. The quantitative estimate of drug-likeness (QED) is 0.503. The van der Waals surface area contributed by atoms with Gasteiger partial charge in [0.05, 0.1) is 12.2 Å². The van der Waals surface area contributed by atoms with E-state index in [9.17, 15) is 4.79 Å². The van der Waals surface area contributed by atoms with Crippen molar-refractivity contribution >= 4 is 5.97 Å². The topological polar surface area (TPSA) is 75.6 Å². The lowest BCUT2D eigenvalue weighted by Crippen LogP contribution is -2.28. The number of aromatic nitrogens is 2. The van der Waals surface area contributed by atoms with Crippen LogP contribution in [-0.4, -0.2) is 45.6 Å². The summed E-state index contributed by atoms with van der Waals surface area (Å²) in [5, 5.41) is 8.95. The van der Waals surface area contributed by atoms with Gasteiger partial charge in [0.15, 0.2) is 0 Å². The lowest BCUT2D eigenvalue weighted by atomic mass is 10.2. The van der Waals surface area contributed by atoms with Crippen LogP contribution in [0.3, 0.4) is 0 Å². The summed E-state index contributed by atoms with van der Waals surface area (Å²) in [5.41, 5.74) is 2.72. The lowest BCUT2D eigenvalue weighted by Gasteiger charge is -2.22. The van der Waals surface area contributed by atoms with E-state index in [-0.39, 0.29) is 5.56 Å². The number of hydrogen-bond acceptors (Lipinski definition) is 5. The third kappa shape index (κ3) is 7.01. The molecule has 0 aliphatic rings. The van der Waals surface area contributed by atoms with Crippen LogP contribution in [0.4, 0.5) is 0 Å². The number of benzene rings is 1. The van der Waals surface area contributed by atoms with Gasteiger partial charge in [0.2, 0.25) is 0 Å². The predicted molar refractivity (Wildman–Crippen MR) is 111 cm³/mol. The van der Waals surface area contributed by atoms with E-state index in [1.165, 1.54) is 11.1 Å². The minimum absolute atomic E-state index is 0.260. The summed E-state index contributed by atoms with van der Waals surface area (Å²) in [6, 6.07) is 14.6. The molecule has 2 heterocycles. The Bertz CT molecular complexity index is 871. The van der Waals surface area contributed by atoms with Crippen LogP contribution in [0, 0.1) is 0 Å². The zero-order chi connectivity index (χ0) is 20.3. The molecule has 1 N–H and O–H groups in total. The average molecular weight is 391 g/mol. The molecule has 6 heteroatoms. The maximum absolute atomic E-state index is 10.9. The third-order valence-electron chi connectivity index (χ3n) is 4.58. The highest BCUT2D eigenvalue weighted by Crippen LogP contribution is 2.13. The second-order valence-corrected chi connectivity index (χ2v) is 6.77. The normalized spacial score (nSPS) is 10.8. The van der Waals surface area contributed by atoms with Crippen molar-refractivity contribution in [3.05, 3.63) is 90.0 Å². The van der Waals surface area contributed by atoms with Gasteiger partial charge in [0, 0.05) is 44.4 Å². The van der Waals surface area contributed by atoms with Gasteiger partial charge in [-0.1, -0.05) is 6.07 Å². The van der Waals surface area contributed by atoms with Gasteiger partial charge < -0.3 is 9.84 Å². The Morgan fingerprint density at radius 3 is 2.41 bits per heavy atom. The van der Waals surface area contributed by atoms with Gasteiger partial charge in [-0.15, -0.1) is 0 Å². The molecule has 150 valence electrons. The van der Waals surface area contributed by atoms with Crippen molar-refractivity contribution in [3.63, 3.8) is 0 Å². The zero-order valence-electron chi connectivity index (χ0n) is 16.3. The van der Waals surface area contributed by atoms with Crippen molar-refractivity contribution in [2.45, 2.75) is 19.4 Å². The maximum Gasteiger partial charge on any atom is 0.335 e. The summed E-state index contributed by atoms with van der Waals surface area (Å²) in [6.07, 6.45) is 9.15. The minimum atomic E-state index is -0.933. The predicted octanol–water partition coefficient (Wildman–Crippen LogP) is 3.69. The molecule has 3 aromatic rings. The monoisotopic (exact) mass is 391 g/mol. The molecule has 0 saturated carbocycles. The number of rotatable bonds is 11. The van der Waals surface area contributed by atoms with Crippen LogP contribution < -0.4 is 4.74 Å². The summed E-state index contributed by atoms with van der Waals surface area (Å²) >= 11 is 0. The van der Waals surface area contributed by atoms with E-state index in [1.54, 1.807) is 30.5 Å². The largest absolute Gasteiger partial charge is 0.494 e. The summed E-state index contributed by atoms with van der Waals surface area (Å²) in [6.45, 7) is 3.26. The van der Waals surface area contributed by atoms with Gasteiger partial charge in [-0.3, -0.25) is 14.9 Å². The molecule has 0 spiro atoms. The van der Waals surface area contributed by atoms with E-state index in [0.29, 0.717) is 12.4 Å². The first-order chi connectivity index (χ1) is 14.2. The molecular weight excluding hydrogens is 366 g/mol. The van der Waals surface area contributed by atoms with Crippen LogP contribution in [0.2, 0.25) is 0 Å². The molecule has 2 aromatic heterocycles. The minimum Gasteiger partial charge on any atom is -0.494 e. The Morgan fingerprint density at radius 1 is 0.931 bits per heavy atom. The van der Waals surface area contributed by atoms with Crippen molar-refractivity contribution in [1.29, 1.82) is 0 Å². The standard InChI is InChI=1S/C23H25N3O3/c27-23(28)21-4-6-22(7-5-21)29-16-2-14-26(18-20-8-12-24-13-9-20)15-10-19-3-1-11-25-17-19/h1,3-9,11-13,17H,2,10,14-16,18H2,(H,27,28). The first-order valence-electron chi connectivity index (χ1n) is 9.67. The molecule has 0 fully saturated rings. The van der Waals surface area contributed by atoms with E-state index in [4.69, 9.17) is 9.84 Å². The van der Waals surface area contributed by atoms with Crippen molar-refractivity contribution < 1.29 is 14.6 Å². The molecule has 0 amide bonds. The number of carboxylic acids is 1. The average Bonchev–Trinajstić information content (AvgIpc) is 2.76. The van der Waals surface area contributed by atoms with Crippen LogP contribution in [0.5, 0.6) is 5.75 Å². The SMILES string of the molecule is O=C(O)c1ccc(OCCCN(CCc2cccnc2)Cc2ccncc2)cc1. The van der Waals surface area contributed by atoms with Crippen LogP contribution >= 0.6 is 0 Å². The molecule has 0 aliphatic carbocycles. The van der Waals surface area contributed by atoms with Crippen LogP contribution in [0.25, 0.3) is 0 Å². The van der Waals surface area contributed by atoms with Crippen LogP contribution in [-0.2, 0) is 13.0 Å². The van der Waals surface area contributed by atoms with E-state index < -0.39 is 5.97 Å². The molecule has 0 atom stereocenters. The summed E-state index contributed by atoms with van der Waals surface area (Å²) in [4.78, 5) is 21.6. The number of nitrogens with zero attached hydrogens (tertiary/aromatic N) is 3. The molecule has 0 unspecified atom stereocenters. The van der Waals surface area contributed by atoms with Gasteiger partial charge >= 0.3 is 5.97 Å². The van der Waals surface area contributed by atoms with Crippen molar-refractivity contribution in [2.75, 3.05) is 19.7 Å². The Labute approximate surface area is 170 Å². The van der Waals surface area contributed by atoms with E-state index in [0.717, 1.165) is 32.5 Å². The molecule has 0 bridgehead atoms. The molecular formula is C23H25N3O3. The number of pyridine rings is 2. The van der Waals surface area contributed by atoms with Gasteiger partial charge in [-0.05, 0) is 66.4 Å². The fourth-order valence-corrected chi connectivity index (χ4v) is 3.02. The number of hydrogen-bond donors (Lipinski definition) is 1. The highest BCUT2D eigenvalue weighted by Gasteiger charge is 2.08. The molecule has 0 saturated heterocycles. The Morgan fingerprint density at radius 2 is 1.72 bits per heavy atom. The first-order valence-corrected chi connectivity index (χ1v) is 9.67. The highest BCUT2D eigenvalue weighted by molar-refractivity contribution is 5.87. The van der Waals surface area contributed by atoms with Gasteiger partial charge in [0.1, 0.15) is 5.75 Å². The second kappa shape index (κ2) is 10.9. The first kappa shape index (κ1) is 20.5. The fraction of sp³-hybridized carbons (Fsp3) is 0.261. The molecule has 3 rings (SSSR count). The van der Waals surface area contributed by atoms with E-state index >= 15 is 0 Å². The summed E-state index contributed by atoms with van der Waals surface area (Å²) < 4.78 is 5.76. The van der Waals surface area contributed by atoms with Crippen molar-refractivity contribution in [2.24, 2.45) is 0 Å². The van der Waals surface area contributed by atoms with E-state index in [1.807, 2.05) is 36.8 Å².